The molecule has 2 amide bonds. The lowest BCUT2D eigenvalue weighted by Crippen LogP contribution is -2.44. The van der Waals surface area contributed by atoms with Crippen molar-refractivity contribution in [3.8, 4) is 0 Å². The van der Waals surface area contributed by atoms with Crippen LogP contribution >= 0.6 is 11.6 Å². The topological polar surface area (TPSA) is 49.4 Å². The summed E-state index contributed by atoms with van der Waals surface area (Å²) in [7, 11) is 0. The van der Waals surface area contributed by atoms with Gasteiger partial charge in [0.15, 0.2) is 0 Å². The maximum absolute atomic E-state index is 13.0. The minimum atomic E-state index is -0.199. The van der Waals surface area contributed by atoms with E-state index in [1.54, 1.807) is 30.3 Å². The Hall–Kier alpha value is -2.33. The van der Waals surface area contributed by atoms with Crippen LogP contribution in [0.3, 0.4) is 0 Å². The number of hydrogen-bond acceptors (Lipinski definition) is 2. The Labute approximate surface area is 170 Å². The number of likely N-dealkylation sites (tertiary alicyclic amines) is 1. The Balaban J connectivity index is 1.44. The van der Waals surface area contributed by atoms with E-state index in [4.69, 9.17) is 11.6 Å². The summed E-state index contributed by atoms with van der Waals surface area (Å²) >= 11 is 6.41. The number of fused-ring (bicyclic) bond motifs is 1. The number of benzene rings is 2. The number of amides is 2. The normalized spacial score (nSPS) is 21.7. The fourth-order valence-electron chi connectivity index (χ4n) is 4.51. The summed E-state index contributed by atoms with van der Waals surface area (Å²) in [5.74, 6) is 1.21. The van der Waals surface area contributed by atoms with Crippen molar-refractivity contribution in [2.75, 3.05) is 18.4 Å². The number of carbonyl (C=O) groups is 2. The van der Waals surface area contributed by atoms with Gasteiger partial charge in [-0.1, -0.05) is 49.1 Å². The fraction of sp³-hybridized carbons (Fsp3) is 0.391. The highest BCUT2D eigenvalue weighted by atomic mass is 35.5. The minimum absolute atomic E-state index is 0.00467. The van der Waals surface area contributed by atoms with Crippen LogP contribution in [0.2, 0.25) is 5.02 Å². The van der Waals surface area contributed by atoms with E-state index < -0.39 is 0 Å². The largest absolute Gasteiger partial charge is 0.338 e. The second-order valence-corrected chi connectivity index (χ2v) is 8.27. The quantitative estimate of drug-likeness (QED) is 0.770. The third-order valence-corrected chi connectivity index (χ3v) is 6.38. The SMILES string of the molecule is O=C(Nc1ccc(C(=O)N2CCC3CCCCC3C2)c(Cl)c1)c1ccccc1. The third kappa shape index (κ3) is 4.07. The highest BCUT2D eigenvalue weighted by Crippen LogP contribution is 2.36. The van der Waals surface area contributed by atoms with Crippen LogP contribution < -0.4 is 5.32 Å². The van der Waals surface area contributed by atoms with Crippen LogP contribution in [0.4, 0.5) is 5.69 Å². The van der Waals surface area contributed by atoms with Crippen LogP contribution in [-0.2, 0) is 0 Å². The first kappa shape index (κ1) is 19.0. The zero-order chi connectivity index (χ0) is 19.5. The molecule has 4 rings (SSSR count). The molecule has 2 aromatic carbocycles. The molecule has 0 spiro atoms. The number of nitrogens with one attached hydrogen (secondary N) is 1. The Morgan fingerprint density at radius 2 is 1.71 bits per heavy atom. The molecular weight excluding hydrogens is 372 g/mol. The molecule has 1 saturated heterocycles. The molecule has 5 heteroatoms. The summed E-state index contributed by atoms with van der Waals surface area (Å²) in [5.41, 5.74) is 1.67. The van der Waals surface area contributed by atoms with Gasteiger partial charge in [-0.25, -0.2) is 0 Å². The van der Waals surface area contributed by atoms with Crippen molar-refractivity contribution < 1.29 is 9.59 Å². The van der Waals surface area contributed by atoms with Crippen LogP contribution in [-0.4, -0.2) is 29.8 Å². The van der Waals surface area contributed by atoms with E-state index >= 15 is 0 Å². The first-order chi connectivity index (χ1) is 13.6. The van der Waals surface area contributed by atoms with Crippen molar-refractivity contribution in [1.29, 1.82) is 0 Å². The lowest BCUT2D eigenvalue weighted by Gasteiger charge is -2.41. The van der Waals surface area contributed by atoms with E-state index in [0.29, 0.717) is 27.8 Å². The molecule has 2 fully saturated rings. The number of piperidine rings is 1. The zero-order valence-corrected chi connectivity index (χ0v) is 16.6. The molecule has 2 atom stereocenters. The summed E-state index contributed by atoms with van der Waals surface area (Å²) < 4.78 is 0. The van der Waals surface area contributed by atoms with E-state index in [-0.39, 0.29) is 11.8 Å². The van der Waals surface area contributed by atoms with Gasteiger partial charge in [0.1, 0.15) is 0 Å². The van der Waals surface area contributed by atoms with E-state index in [1.807, 2.05) is 23.1 Å². The van der Waals surface area contributed by atoms with Gasteiger partial charge in [0.25, 0.3) is 11.8 Å². The lowest BCUT2D eigenvalue weighted by molar-refractivity contribution is 0.0521. The first-order valence-corrected chi connectivity index (χ1v) is 10.4. The Kier molecular flexibility index (Phi) is 5.67. The number of hydrogen-bond donors (Lipinski definition) is 1. The highest BCUT2D eigenvalue weighted by Gasteiger charge is 2.33. The van der Waals surface area contributed by atoms with Crippen molar-refractivity contribution in [1.82, 2.24) is 4.90 Å². The predicted octanol–water partition coefficient (Wildman–Crippen LogP) is 5.24. The van der Waals surface area contributed by atoms with E-state index in [2.05, 4.69) is 5.32 Å². The van der Waals surface area contributed by atoms with Gasteiger partial charge in [0.05, 0.1) is 10.6 Å². The van der Waals surface area contributed by atoms with Gasteiger partial charge in [0.2, 0.25) is 0 Å². The second kappa shape index (κ2) is 8.36. The van der Waals surface area contributed by atoms with Crippen molar-refractivity contribution >= 4 is 29.1 Å². The molecule has 0 radical (unpaired) electrons. The van der Waals surface area contributed by atoms with Gasteiger partial charge in [-0.2, -0.15) is 0 Å². The molecule has 146 valence electrons. The molecular formula is C23H25ClN2O2. The van der Waals surface area contributed by atoms with Gasteiger partial charge in [-0.15, -0.1) is 0 Å². The van der Waals surface area contributed by atoms with Crippen LogP contribution in [0.5, 0.6) is 0 Å². The van der Waals surface area contributed by atoms with Crippen LogP contribution in [0.1, 0.15) is 52.8 Å². The molecule has 0 aromatic heterocycles. The first-order valence-electron chi connectivity index (χ1n) is 10.1. The third-order valence-electron chi connectivity index (χ3n) is 6.07. The Bertz CT molecular complexity index is 868. The Morgan fingerprint density at radius 3 is 2.46 bits per heavy atom. The maximum Gasteiger partial charge on any atom is 0.255 e. The van der Waals surface area contributed by atoms with Crippen molar-refractivity contribution in [3.63, 3.8) is 0 Å². The lowest BCUT2D eigenvalue weighted by atomic mass is 9.75. The molecule has 1 saturated carbocycles. The van der Waals surface area contributed by atoms with E-state index in [9.17, 15) is 9.59 Å². The molecule has 2 aliphatic rings. The molecule has 1 aliphatic heterocycles. The molecule has 2 unspecified atom stereocenters. The summed E-state index contributed by atoms with van der Waals surface area (Å²) in [5, 5.41) is 3.21. The monoisotopic (exact) mass is 396 g/mol. The van der Waals surface area contributed by atoms with E-state index in [0.717, 1.165) is 25.4 Å². The molecule has 1 aliphatic carbocycles. The number of nitrogens with zero attached hydrogens (tertiary/aromatic N) is 1. The number of halogens is 1. The van der Waals surface area contributed by atoms with Crippen molar-refractivity contribution in [2.45, 2.75) is 32.1 Å². The average Bonchev–Trinajstić information content (AvgIpc) is 2.73. The van der Waals surface area contributed by atoms with E-state index in [1.165, 1.54) is 25.7 Å². The standard InChI is InChI=1S/C23H25ClN2O2/c24-21-14-19(25-22(27)17-7-2-1-3-8-17)10-11-20(21)23(28)26-13-12-16-6-4-5-9-18(16)15-26/h1-3,7-8,10-11,14,16,18H,4-6,9,12-13,15H2,(H,25,27). The summed E-state index contributed by atoms with van der Waals surface area (Å²) in [6.45, 7) is 1.65. The van der Waals surface area contributed by atoms with Gasteiger partial charge in [0, 0.05) is 24.3 Å². The number of carbonyl (C=O) groups excluding carboxylic acids is 2. The van der Waals surface area contributed by atoms with Gasteiger partial charge in [-0.3, -0.25) is 9.59 Å². The highest BCUT2D eigenvalue weighted by molar-refractivity contribution is 6.34. The van der Waals surface area contributed by atoms with Gasteiger partial charge < -0.3 is 10.2 Å². The fourth-order valence-corrected chi connectivity index (χ4v) is 4.78. The van der Waals surface area contributed by atoms with Crippen LogP contribution in [0, 0.1) is 11.8 Å². The van der Waals surface area contributed by atoms with Crippen LogP contribution in [0.25, 0.3) is 0 Å². The summed E-state index contributed by atoms with van der Waals surface area (Å²) in [6.07, 6.45) is 6.24. The molecule has 28 heavy (non-hydrogen) atoms. The zero-order valence-electron chi connectivity index (χ0n) is 15.9. The smallest absolute Gasteiger partial charge is 0.255 e. The predicted molar refractivity (Wildman–Crippen MR) is 112 cm³/mol. The van der Waals surface area contributed by atoms with Gasteiger partial charge >= 0.3 is 0 Å². The number of rotatable bonds is 3. The van der Waals surface area contributed by atoms with Crippen LogP contribution in [0.15, 0.2) is 48.5 Å². The van der Waals surface area contributed by atoms with Crippen molar-refractivity contribution in [2.24, 2.45) is 11.8 Å². The van der Waals surface area contributed by atoms with Crippen molar-refractivity contribution in [3.05, 3.63) is 64.7 Å². The second-order valence-electron chi connectivity index (χ2n) is 7.86. The maximum atomic E-state index is 13.0. The Morgan fingerprint density at radius 1 is 0.964 bits per heavy atom. The summed E-state index contributed by atoms with van der Waals surface area (Å²) in [4.78, 5) is 27.3. The molecule has 4 nitrogen and oxygen atoms in total. The minimum Gasteiger partial charge on any atom is -0.338 e. The number of anilines is 1. The summed E-state index contributed by atoms with van der Waals surface area (Å²) in [6, 6.07) is 14.1. The molecule has 1 heterocycles. The average molecular weight is 397 g/mol. The molecule has 0 bridgehead atoms. The molecule has 2 aromatic rings. The van der Waals surface area contributed by atoms with Gasteiger partial charge in [-0.05, 0) is 55.0 Å². The molecule has 1 N–H and O–H groups in total.